The molecule has 1 unspecified atom stereocenters. The van der Waals surface area contributed by atoms with E-state index in [4.69, 9.17) is 23.4 Å². The van der Waals surface area contributed by atoms with Crippen LogP contribution in [0.1, 0.15) is 23.2 Å². The summed E-state index contributed by atoms with van der Waals surface area (Å²) < 4.78 is 32.7. The van der Waals surface area contributed by atoms with Crippen molar-refractivity contribution in [3.8, 4) is 0 Å². The number of esters is 1. The summed E-state index contributed by atoms with van der Waals surface area (Å²) in [6.45, 7) is 13.8. The maximum Gasteiger partial charge on any atom is 3.00 e. The second-order valence-electron chi connectivity index (χ2n) is 4.81. The van der Waals surface area contributed by atoms with Gasteiger partial charge in [-0.2, -0.15) is 0 Å². The van der Waals surface area contributed by atoms with E-state index in [-0.39, 0.29) is 35.3 Å². The van der Waals surface area contributed by atoms with Crippen molar-refractivity contribution in [1.29, 1.82) is 0 Å². The summed E-state index contributed by atoms with van der Waals surface area (Å²) in [7, 11) is 1.60. The maximum absolute atomic E-state index is 11.8. The largest absolute Gasteiger partial charge is 3.00 e. The predicted octanol–water partition coefficient (Wildman–Crippen LogP) is 2.94. The molecule has 2 rings (SSSR count). The van der Waals surface area contributed by atoms with Gasteiger partial charge in [0.25, 0.3) is 5.69 Å². The molecule has 0 spiro atoms. The quantitative estimate of drug-likeness (QED) is 0.167. The van der Waals surface area contributed by atoms with Crippen LogP contribution in [0.15, 0.2) is 42.2 Å². The number of allylic oxidation sites excluding steroid dienone is 3. The van der Waals surface area contributed by atoms with Gasteiger partial charge in [0, 0.05) is 24.5 Å². The molecular formula is C19H16FeNO8+4. The van der Waals surface area contributed by atoms with Crippen LogP contribution in [0.2, 0.25) is 0 Å². The maximum atomic E-state index is 11.8. The van der Waals surface area contributed by atoms with Gasteiger partial charge in [0.15, 0.2) is 0 Å². The first-order valence-electron chi connectivity index (χ1n) is 7.47. The molecule has 0 heterocycles. The topological polar surface area (TPSA) is 138 Å². The fourth-order valence-corrected chi connectivity index (χ4v) is 2.03. The molecule has 1 aromatic carbocycles. The van der Waals surface area contributed by atoms with Gasteiger partial charge in [-0.3, -0.25) is 10.1 Å². The number of carbonyl (C=O) groups excluding carboxylic acids is 1. The molecule has 0 fully saturated rings. The zero-order chi connectivity index (χ0) is 21.9. The average Bonchev–Trinajstić information content (AvgIpc) is 2.78. The van der Waals surface area contributed by atoms with E-state index in [1.807, 2.05) is 12.2 Å². The number of carbonyl (C=O) groups is 1. The fourth-order valence-electron chi connectivity index (χ4n) is 2.03. The molecule has 29 heavy (non-hydrogen) atoms. The second kappa shape index (κ2) is 19.8. The van der Waals surface area contributed by atoms with Gasteiger partial charge in [-0.1, -0.05) is 0 Å². The molecule has 0 bridgehead atoms. The van der Waals surface area contributed by atoms with Crippen LogP contribution >= 0.6 is 0 Å². The summed E-state index contributed by atoms with van der Waals surface area (Å²) in [6, 6.07) is 5.35. The standard InChI is InChI=1S/C16H16NO5.3CO.Fe/c1-21-15-8-2-12(3-9-15)10-11-22-16(18)13-4-6-14(7-5-13)17(19)20;3*1-2;/h2,4-7,9,12H,3,10-11H2,1H3;;;;/q+1;;;;+3. The summed E-state index contributed by atoms with van der Waals surface area (Å²) in [6.07, 6.45) is 8.40. The van der Waals surface area contributed by atoms with E-state index in [1.54, 1.807) is 7.11 Å². The van der Waals surface area contributed by atoms with Crippen molar-refractivity contribution < 1.29 is 50.2 Å². The summed E-state index contributed by atoms with van der Waals surface area (Å²) >= 11 is 0. The van der Waals surface area contributed by atoms with Crippen LogP contribution in [0.3, 0.4) is 0 Å². The van der Waals surface area contributed by atoms with Crippen LogP contribution in [0.4, 0.5) is 5.69 Å². The van der Waals surface area contributed by atoms with Gasteiger partial charge in [0.05, 0.1) is 36.4 Å². The van der Waals surface area contributed by atoms with E-state index >= 15 is 0 Å². The van der Waals surface area contributed by atoms with Crippen LogP contribution < -0.4 is 0 Å². The molecule has 0 amide bonds. The van der Waals surface area contributed by atoms with Crippen molar-refractivity contribution in [3.63, 3.8) is 0 Å². The van der Waals surface area contributed by atoms with Crippen molar-refractivity contribution in [2.45, 2.75) is 12.8 Å². The van der Waals surface area contributed by atoms with Crippen molar-refractivity contribution in [1.82, 2.24) is 0 Å². The molecule has 0 saturated carbocycles. The van der Waals surface area contributed by atoms with Gasteiger partial charge in [0.1, 0.15) is 6.08 Å². The summed E-state index contributed by atoms with van der Waals surface area (Å²) in [5, 5.41) is 10.5. The number of nitrogens with zero attached hydrogens (tertiary/aromatic N) is 1. The molecule has 1 aromatic rings. The number of benzene rings is 1. The molecule has 149 valence electrons. The van der Waals surface area contributed by atoms with E-state index in [9.17, 15) is 14.9 Å². The van der Waals surface area contributed by atoms with Crippen molar-refractivity contribution >= 4 is 11.7 Å². The number of ether oxygens (including phenoxy) is 2. The minimum Gasteiger partial charge on any atom is 3.00 e. The van der Waals surface area contributed by atoms with Gasteiger partial charge < -0.3 is 9.47 Å². The van der Waals surface area contributed by atoms with Crippen LogP contribution in [0, 0.1) is 42.1 Å². The number of methoxy groups -OCH3 is 1. The summed E-state index contributed by atoms with van der Waals surface area (Å²) in [5.41, 5.74) is 0.248. The van der Waals surface area contributed by atoms with Crippen LogP contribution in [0.25, 0.3) is 0 Å². The molecule has 0 saturated heterocycles. The Kier molecular flexibility index (Phi) is 21.0. The average molecular weight is 442 g/mol. The third-order valence-electron chi connectivity index (χ3n) is 3.32. The van der Waals surface area contributed by atoms with Crippen LogP contribution in [-0.4, -0.2) is 24.6 Å². The molecule has 1 aliphatic rings. The Hall–Kier alpha value is -2.98. The normalized spacial score (nSPS) is 12.7. The molecule has 0 aliphatic heterocycles. The van der Waals surface area contributed by atoms with Gasteiger partial charge in [-0.05, 0) is 18.6 Å². The molecule has 1 atom stereocenters. The molecule has 0 N–H and O–H groups in total. The zero-order valence-corrected chi connectivity index (χ0v) is 16.3. The van der Waals surface area contributed by atoms with E-state index in [2.05, 4.69) is 26.0 Å². The number of hydrogen-bond acceptors (Lipinski definition) is 5. The van der Waals surface area contributed by atoms with Crippen LogP contribution in [-0.2, 0) is 40.5 Å². The van der Waals surface area contributed by atoms with Gasteiger partial charge >= 0.3 is 62.7 Å². The molecule has 10 heteroatoms. The van der Waals surface area contributed by atoms with Gasteiger partial charge in [-0.25, -0.2) is 4.79 Å². The number of rotatable bonds is 6. The second-order valence-corrected chi connectivity index (χ2v) is 4.81. The van der Waals surface area contributed by atoms with Gasteiger partial charge in [-0.15, -0.1) is 0 Å². The number of nitro groups is 1. The first-order chi connectivity index (χ1) is 13.6. The Morgan fingerprint density at radius 2 is 1.76 bits per heavy atom. The van der Waals surface area contributed by atoms with Crippen molar-refractivity contribution in [2.75, 3.05) is 13.7 Å². The van der Waals surface area contributed by atoms with E-state index in [0.29, 0.717) is 12.0 Å². The Morgan fingerprint density at radius 1 is 1.21 bits per heavy atom. The molecular weight excluding hydrogens is 426 g/mol. The summed E-state index contributed by atoms with van der Waals surface area (Å²) in [5.74, 6) is 0.509. The van der Waals surface area contributed by atoms with Gasteiger partial charge in [0.2, 0.25) is 0 Å². The smallest absolute Gasteiger partial charge is 3.00 e. The third kappa shape index (κ3) is 12.2. The Bertz CT molecular complexity index is 721. The number of hydrogen-bond donors (Lipinski definition) is 0. The Morgan fingerprint density at radius 3 is 2.17 bits per heavy atom. The SMILES string of the molecule is COC1=CCC(CCOC(=O)c2ccc([N+](=O)[O-])cc2)C=[C+]1.[C-]#[O+].[C-]#[O+].[C-]#[O+].[Fe+3]. The molecule has 1 aliphatic carbocycles. The zero-order valence-electron chi connectivity index (χ0n) is 15.2. The first kappa shape index (κ1) is 30.7. The fraction of sp³-hybridized carbons (Fsp3) is 0.263. The molecule has 9 nitrogen and oxygen atoms in total. The third-order valence-corrected chi connectivity index (χ3v) is 3.32. The molecule has 1 radical (unpaired) electrons. The predicted molar refractivity (Wildman–Crippen MR) is 90.8 cm³/mol. The molecule has 0 aromatic heterocycles. The van der Waals surface area contributed by atoms with Crippen molar-refractivity contribution in [3.05, 3.63) is 83.9 Å². The van der Waals surface area contributed by atoms with E-state index < -0.39 is 10.9 Å². The monoisotopic (exact) mass is 442 g/mol. The van der Waals surface area contributed by atoms with Crippen molar-refractivity contribution in [2.24, 2.45) is 5.92 Å². The van der Waals surface area contributed by atoms with E-state index in [1.165, 1.54) is 24.3 Å². The van der Waals surface area contributed by atoms with Crippen LogP contribution in [0.5, 0.6) is 0 Å². The summed E-state index contributed by atoms with van der Waals surface area (Å²) in [4.78, 5) is 21.8. The number of non-ortho nitro benzene ring substituents is 1. The Labute approximate surface area is 178 Å². The number of nitro benzene ring substituents is 1. The first-order valence-corrected chi connectivity index (χ1v) is 7.47. The minimum atomic E-state index is -0.511. The Balaban J connectivity index is -0.000000883. The van der Waals surface area contributed by atoms with E-state index in [0.717, 1.165) is 12.2 Å². The minimum absolute atomic E-state index is 0.